The first-order chi connectivity index (χ1) is 11.4. The Morgan fingerprint density at radius 2 is 2.21 bits per heavy atom. The van der Waals surface area contributed by atoms with Gasteiger partial charge >= 0.3 is 0 Å². The van der Waals surface area contributed by atoms with E-state index in [0.29, 0.717) is 22.0 Å². The minimum absolute atomic E-state index is 0.241. The van der Waals surface area contributed by atoms with Gasteiger partial charge in [0.05, 0.1) is 22.5 Å². The Bertz CT molecular complexity index is 885. The third-order valence-corrected chi connectivity index (χ3v) is 4.60. The minimum atomic E-state index is -0.379. The molecule has 2 heterocycles. The predicted octanol–water partition coefficient (Wildman–Crippen LogP) is 3.82. The van der Waals surface area contributed by atoms with Gasteiger partial charge in [0.1, 0.15) is 10.8 Å². The van der Waals surface area contributed by atoms with Gasteiger partial charge in [-0.25, -0.2) is 9.37 Å². The number of carbonyl (C=O) groups excluding carboxylic acids is 1. The van der Waals surface area contributed by atoms with E-state index in [4.69, 9.17) is 11.6 Å². The Morgan fingerprint density at radius 1 is 1.42 bits per heavy atom. The van der Waals surface area contributed by atoms with Gasteiger partial charge in [-0.15, -0.1) is 11.3 Å². The maximum absolute atomic E-state index is 13.4. The smallest absolute Gasteiger partial charge is 0.259 e. The summed E-state index contributed by atoms with van der Waals surface area (Å²) >= 11 is 7.23. The van der Waals surface area contributed by atoms with Crippen molar-refractivity contribution in [1.29, 1.82) is 0 Å². The molecule has 0 aliphatic carbocycles. The van der Waals surface area contributed by atoms with Crippen molar-refractivity contribution in [1.82, 2.24) is 14.8 Å². The first-order valence-electron chi connectivity index (χ1n) is 7.12. The second-order valence-electron chi connectivity index (χ2n) is 5.33. The molecule has 0 unspecified atom stereocenters. The fraction of sp³-hybridized carbons (Fsp3) is 0.188. The number of amides is 1. The molecule has 0 saturated heterocycles. The van der Waals surface area contributed by atoms with Gasteiger partial charge in [0, 0.05) is 24.7 Å². The van der Waals surface area contributed by atoms with Gasteiger partial charge in [-0.3, -0.25) is 9.48 Å². The number of carbonyl (C=O) groups is 1. The van der Waals surface area contributed by atoms with Crippen LogP contribution in [0, 0.1) is 12.7 Å². The molecule has 0 fully saturated rings. The molecule has 0 atom stereocenters. The molecular weight excluding hydrogens is 351 g/mol. The van der Waals surface area contributed by atoms with Crippen LogP contribution in [0.5, 0.6) is 0 Å². The van der Waals surface area contributed by atoms with Gasteiger partial charge < -0.3 is 5.32 Å². The van der Waals surface area contributed by atoms with Crippen LogP contribution in [0.2, 0.25) is 5.02 Å². The van der Waals surface area contributed by atoms with Gasteiger partial charge in [-0.2, -0.15) is 5.10 Å². The number of halogens is 2. The lowest BCUT2D eigenvalue weighted by Gasteiger charge is -2.00. The van der Waals surface area contributed by atoms with Crippen LogP contribution < -0.4 is 5.32 Å². The van der Waals surface area contributed by atoms with E-state index in [1.54, 1.807) is 24.0 Å². The number of nitrogens with zero attached hydrogens (tertiary/aromatic N) is 3. The SMILES string of the molecule is Cc1nc(Cc2cc(F)cc(Cl)c2)sc1NC(=O)c1cnn(C)c1. The Labute approximate surface area is 147 Å². The van der Waals surface area contributed by atoms with E-state index in [1.807, 2.05) is 6.92 Å². The lowest BCUT2D eigenvalue weighted by molar-refractivity contribution is 0.102. The minimum Gasteiger partial charge on any atom is -0.312 e. The summed E-state index contributed by atoms with van der Waals surface area (Å²) in [5, 5.41) is 8.60. The maximum Gasteiger partial charge on any atom is 0.259 e. The molecule has 0 bridgehead atoms. The third-order valence-electron chi connectivity index (χ3n) is 3.31. The van der Waals surface area contributed by atoms with Crippen LogP contribution in [0.4, 0.5) is 9.39 Å². The molecule has 1 aromatic carbocycles. The zero-order valence-electron chi connectivity index (χ0n) is 13.0. The van der Waals surface area contributed by atoms with Crippen molar-refractivity contribution in [3.63, 3.8) is 0 Å². The largest absolute Gasteiger partial charge is 0.312 e. The Morgan fingerprint density at radius 3 is 2.88 bits per heavy atom. The van der Waals surface area contributed by atoms with Gasteiger partial charge in [0.15, 0.2) is 0 Å². The number of thiazole rings is 1. The van der Waals surface area contributed by atoms with Crippen molar-refractivity contribution >= 4 is 33.8 Å². The fourth-order valence-corrected chi connectivity index (χ4v) is 3.48. The summed E-state index contributed by atoms with van der Waals surface area (Å²) in [5.41, 5.74) is 1.93. The lowest BCUT2D eigenvalue weighted by Crippen LogP contribution is -2.10. The van der Waals surface area contributed by atoms with Gasteiger partial charge in [-0.1, -0.05) is 11.6 Å². The highest BCUT2D eigenvalue weighted by Gasteiger charge is 2.14. The summed E-state index contributed by atoms with van der Waals surface area (Å²) in [4.78, 5) is 16.6. The monoisotopic (exact) mass is 364 g/mol. The van der Waals surface area contributed by atoms with Crippen LogP contribution >= 0.6 is 22.9 Å². The number of rotatable bonds is 4. The summed E-state index contributed by atoms with van der Waals surface area (Å²) in [6.07, 6.45) is 3.59. The second kappa shape index (κ2) is 6.70. The quantitative estimate of drug-likeness (QED) is 0.765. The highest BCUT2D eigenvalue weighted by atomic mass is 35.5. The topological polar surface area (TPSA) is 59.8 Å². The first-order valence-corrected chi connectivity index (χ1v) is 8.31. The van der Waals surface area contributed by atoms with Crippen LogP contribution in [-0.2, 0) is 13.5 Å². The number of aromatic nitrogens is 3. The van der Waals surface area contributed by atoms with Crippen molar-refractivity contribution in [2.24, 2.45) is 7.05 Å². The molecule has 1 amide bonds. The van der Waals surface area contributed by atoms with E-state index in [9.17, 15) is 9.18 Å². The molecule has 24 heavy (non-hydrogen) atoms. The normalized spacial score (nSPS) is 10.8. The molecule has 3 rings (SSSR count). The first kappa shape index (κ1) is 16.6. The number of anilines is 1. The number of aryl methyl sites for hydroxylation is 2. The molecule has 0 radical (unpaired) electrons. The molecule has 0 spiro atoms. The molecular formula is C16H14ClFN4OS. The zero-order valence-corrected chi connectivity index (χ0v) is 14.6. The molecule has 0 aliphatic rings. The summed E-state index contributed by atoms with van der Waals surface area (Å²) in [5.74, 6) is -0.619. The van der Waals surface area contributed by atoms with Crippen molar-refractivity contribution in [3.8, 4) is 0 Å². The van der Waals surface area contributed by atoms with Crippen molar-refractivity contribution < 1.29 is 9.18 Å². The highest BCUT2D eigenvalue weighted by molar-refractivity contribution is 7.16. The fourth-order valence-electron chi connectivity index (χ4n) is 2.25. The van der Waals surface area contributed by atoms with Crippen LogP contribution in [0.3, 0.4) is 0 Å². The molecule has 5 nitrogen and oxygen atoms in total. The molecule has 124 valence electrons. The number of benzene rings is 1. The molecule has 0 saturated carbocycles. The third kappa shape index (κ3) is 3.80. The van der Waals surface area contributed by atoms with Gasteiger partial charge in [0.2, 0.25) is 0 Å². The van der Waals surface area contributed by atoms with Crippen LogP contribution in [0.25, 0.3) is 0 Å². The van der Waals surface area contributed by atoms with E-state index in [-0.39, 0.29) is 11.7 Å². The average Bonchev–Trinajstić information content (AvgIpc) is 3.04. The van der Waals surface area contributed by atoms with E-state index >= 15 is 0 Å². The van der Waals surface area contributed by atoms with E-state index in [2.05, 4.69) is 15.4 Å². The van der Waals surface area contributed by atoms with E-state index in [0.717, 1.165) is 16.3 Å². The van der Waals surface area contributed by atoms with Gasteiger partial charge in [-0.05, 0) is 30.7 Å². The molecule has 2 aromatic heterocycles. The molecule has 3 aromatic rings. The maximum atomic E-state index is 13.4. The van der Waals surface area contributed by atoms with Crippen LogP contribution in [0.1, 0.15) is 26.6 Å². The highest BCUT2D eigenvalue weighted by Crippen LogP contribution is 2.27. The lowest BCUT2D eigenvalue weighted by atomic mass is 10.1. The van der Waals surface area contributed by atoms with Crippen LogP contribution in [-0.4, -0.2) is 20.7 Å². The molecule has 8 heteroatoms. The molecule has 0 aliphatic heterocycles. The van der Waals surface area contributed by atoms with Crippen molar-refractivity contribution in [3.05, 3.63) is 63.3 Å². The van der Waals surface area contributed by atoms with Crippen LogP contribution in [0.15, 0.2) is 30.6 Å². The second-order valence-corrected chi connectivity index (χ2v) is 6.85. The average molecular weight is 365 g/mol. The Kier molecular flexibility index (Phi) is 4.64. The summed E-state index contributed by atoms with van der Waals surface area (Å²) in [6, 6.07) is 4.39. The zero-order chi connectivity index (χ0) is 17.3. The van der Waals surface area contributed by atoms with Crippen molar-refractivity contribution in [2.45, 2.75) is 13.3 Å². The number of hydrogen-bond acceptors (Lipinski definition) is 4. The summed E-state index contributed by atoms with van der Waals surface area (Å²) in [6.45, 7) is 1.82. The Balaban J connectivity index is 1.76. The van der Waals surface area contributed by atoms with Gasteiger partial charge in [0.25, 0.3) is 5.91 Å². The standard InChI is InChI=1S/C16H14ClFN4OS/c1-9-16(21-15(23)11-7-19-22(2)8-11)24-14(20-9)5-10-3-12(17)6-13(18)4-10/h3-4,6-8H,5H2,1-2H3,(H,21,23). The predicted molar refractivity (Wildman–Crippen MR) is 92.2 cm³/mol. The van der Waals surface area contributed by atoms with E-state index < -0.39 is 0 Å². The summed E-state index contributed by atoms with van der Waals surface area (Å²) in [7, 11) is 1.75. The van der Waals surface area contributed by atoms with E-state index in [1.165, 1.54) is 29.7 Å². The van der Waals surface area contributed by atoms with Crippen molar-refractivity contribution in [2.75, 3.05) is 5.32 Å². The molecule has 1 N–H and O–H groups in total. The number of hydrogen-bond donors (Lipinski definition) is 1. The number of nitrogens with one attached hydrogen (secondary N) is 1. The summed E-state index contributed by atoms with van der Waals surface area (Å²) < 4.78 is 15.0. The Hall–Kier alpha value is -2.25.